The van der Waals surface area contributed by atoms with E-state index < -0.39 is 11.9 Å². The normalized spacial score (nSPS) is 25.4. The molecule has 141 valence electrons. The quantitative estimate of drug-likeness (QED) is 0.729. The molecule has 0 aromatic heterocycles. The number of hydrogen-bond acceptors (Lipinski definition) is 4. The standard InChI is InChI=1S/C19H32N3O3/c1-14-7-9-16(17(23)13-21-14)22(12-11-18(20)24)19(25)10-8-15-5-3-2-4-6-15/h10,14-16,21H,2-9,11-13H2,1H3,(H2,20,24)/t14-,16+/m1/s1. The molecule has 0 spiro atoms. The lowest BCUT2D eigenvalue weighted by atomic mass is 9.86. The van der Waals surface area contributed by atoms with E-state index in [0.29, 0.717) is 12.3 Å². The lowest BCUT2D eigenvalue weighted by Gasteiger charge is -2.30. The molecule has 1 saturated carbocycles. The average Bonchev–Trinajstić information content (AvgIpc) is 2.76. The predicted molar refractivity (Wildman–Crippen MR) is 96.5 cm³/mol. The van der Waals surface area contributed by atoms with E-state index in [1.54, 1.807) is 11.3 Å². The number of nitrogens with two attached hydrogens (primary N) is 1. The molecule has 1 heterocycles. The number of carbonyl (C=O) groups is 3. The molecule has 2 fully saturated rings. The molecule has 1 saturated heterocycles. The van der Waals surface area contributed by atoms with E-state index in [9.17, 15) is 14.4 Å². The van der Waals surface area contributed by atoms with Gasteiger partial charge in [-0.15, -0.1) is 0 Å². The molecule has 2 atom stereocenters. The number of hydrogen-bond donors (Lipinski definition) is 2. The highest BCUT2D eigenvalue weighted by atomic mass is 16.2. The van der Waals surface area contributed by atoms with Gasteiger partial charge < -0.3 is 16.0 Å². The largest absolute Gasteiger partial charge is 0.370 e. The SMILES string of the molecule is C[C@@H]1CC[C@H](N(CCC(N)=O)C(=O)[CH]CC2CCCCC2)C(=O)CN1. The number of amides is 2. The van der Waals surface area contributed by atoms with Crippen molar-refractivity contribution in [1.29, 1.82) is 0 Å². The number of Topliss-reactive ketones (excluding diaryl/α,β-unsaturated/α-hetero) is 1. The number of ketones is 1. The Kier molecular flexibility index (Phi) is 7.88. The van der Waals surface area contributed by atoms with Crippen molar-refractivity contribution in [3.8, 4) is 0 Å². The van der Waals surface area contributed by atoms with Gasteiger partial charge in [-0.05, 0) is 32.1 Å². The Morgan fingerprint density at radius 2 is 1.92 bits per heavy atom. The number of rotatable bonds is 7. The van der Waals surface area contributed by atoms with Crippen LogP contribution in [0.1, 0.15) is 64.7 Å². The zero-order chi connectivity index (χ0) is 18.2. The molecule has 0 aromatic rings. The number of primary amides is 1. The fourth-order valence-corrected chi connectivity index (χ4v) is 3.85. The van der Waals surface area contributed by atoms with Crippen molar-refractivity contribution >= 4 is 17.6 Å². The maximum Gasteiger partial charge on any atom is 0.227 e. The summed E-state index contributed by atoms with van der Waals surface area (Å²) in [6, 6.07) is -0.194. The maximum absolute atomic E-state index is 12.8. The van der Waals surface area contributed by atoms with Crippen LogP contribution in [0.4, 0.5) is 0 Å². The van der Waals surface area contributed by atoms with E-state index in [0.717, 1.165) is 12.8 Å². The molecule has 0 bridgehead atoms. The summed E-state index contributed by atoms with van der Waals surface area (Å²) in [6.07, 6.45) is 10.2. The van der Waals surface area contributed by atoms with Crippen molar-refractivity contribution in [2.24, 2.45) is 11.7 Å². The summed E-state index contributed by atoms with van der Waals surface area (Å²) >= 11 is 0. The van der Waals surface area contributed by atoms with E-state index in [-0.39, 0.29) is 37.2 Å². The van der Waals surface area contributed by atoms with Crippen LogP contribution >= 0.6 is 0 Å². The Morgan fingerprint density at radius 3 is 2.60 bits per heavy atom. The highest BCUT2D eigenvalue weighted by Gasteiger charge is 2.32. The van der Waals surface area contributed by atoms with Gasteiger partial charge in [-0.1, -0.05) is 32.1 Å². The first kappa shape index (κ1) is 19.9. The van der Waals surface area contributed by atoms with Crippen molar-refractivity contribution in [2.45, 2.75) is 76.8 Å². The monoisotopic (exact) mass is 350 g/mol. The van der Waals surface area contributed by atoms with Crippen LogP contribution in [0.2, 0.25) is 0 Å². The first-order valence-electron chi connectivity index (χ1n) is 9.65. The van der Waals surface area contributed by atoms with Crippen molar-refractivity contribution in [3.63, 3.8) is 0 Å². The summed E-state index contributed by atoms with van der Waals surface area (Å²) in [5.74, 6) is 0.0211. The fraction of sp³-hybridized carbons (Fsp3) is 0.789. The van der Waals surface area contributed by atoms with Crippen LogP contribution < -0.4 is 11.1 Å². The second-order valence-corrected chi connectivity index (χ2v) is 7.53. The predicted octanol–water partition coefficient (Wildman–Crippen LogP) is 1.57. The van der Waals surface area contributed by atoms with Gasteiger partial charge in [0.1, 0.15) is 0 Å². The van der Waals surface area contributed by atoms with E-state index in [2.05, 4.69) is 5.32 Å². The van der Waals surface area contributed by atoms with E-state index >= 15 is 0 Å². The molecular formula is C19H32N3O3. The maximum atomic E-state index is 12.8. The zero-order valence-corrected chi connectivity index (χ0v) is 15.3. The molecule has 1 aliphatic heterocycles. The first-order chi connectivity index (χ1) is 12.0. The molecule has 1 aliphatic carbocycles. The van der Waals surface area contributed by atoms with Crippen LogP contribution in [0.5, 0.6) is 0 Å². The molecule has 2 aliphatic rings. The van der Waals surface area contributed by atoms with E-state index in [1.807, 2.05) is 6.92 Å². The summed E-state index contributed by atoms with van der Waals surface area (Å²) in [5.41, 5.74) is 5.26. The molecule has 2 amide bonds. The van der Waals surface area contributed by atoms with Gasteiger partial charge in [-0.3, -0.25) is 14.4 Å². The second kappa shape index (κ2) is 9.90. The molecule has 3 N–H and O–H groups in total. The Hall–Kier alpha value is -1.43. The zero-order valence-electron chi connectivity index (χ0n) is 15.3. The minimum atomic E-state index is -0.452. The van der Waals surface area contributed by atoms with Crippen LogP contribution in [0.25, 0.3) is 0 Å². The molecule has 25 heavy (non-hydrogen) atoms. The molecule has 0 aromatic carbocycles. The number of nitrogens with zero attached hydrogens (tertiary/aromatic N) is 1. The highest BCUT2D eigenvalue weighted by Crippen LogP contribution is 2.27. The topological polar surface area (TPSA) is 92.5 Å². The third-order valence-corrected chi connectivity index (χ3v) is 5.48. The van der Waals surface area contributed by atoms with Crippen molar-refractivity contribution in [2.75, 3.05) is 13.1 Å². The van der Waals surface area contributed by atoms with Crippen LogP contribution in [0, 0.1) is 12.3 Å². The molecule has 1 radical (unpaired) electrons. The van der Waals surface area contributed by atoms with Gasteiger partial charge in [0.15, 0.2) is 5.78 Å². The van der Waals surface area contributed by atoms with Gasteiger partial charge in [0.2, 0.25) is 11.8 Å². The van der Waals surface area contributed by atoms with Crippen LogP contribution in [0.15, 0.2) is 0 Å². The fourth-order valence-electron chi connectivity index (χ4n) is 3.85. The Balaban J connectivity index is 1.98. The summed E-state index contributed by atoms with van der Waals surface area (Å²) in [5, 5.41) is 3.18. The molecular weight excluding hydrogens is 318 g/mol. The van der Waals surface area contributed by atoms with Crippen molar-refractivity contribution in [1.82, 2.24) is 10.2 Å². The van der Waals surface area contributed by atoms with Gasteiger partial charge >= 0.3 is 0 Å². The Bertz CT molecular complexity index is 475. The summed E-state index contributed by atoms with van der Waals surface area (Å²) in [4.78, 5) is 38.0. The van der Waals surface area contributed by atoms with Crippen molar-refractivity contribution < 1.29 is 14.4 Å². The molecule has 2 rings (SSSR count). The smallest absolute Gasteiger partial charge is 0.227 e. The summed E-state index contributed by atoms with van der Waals surface area (Å²) < 4.78 is 0. The van der Waals surface area contributed by atoms with Crippen LogP contribution in [-0.4, -0.2) is 47.7 Å². The van der Waals surface area contributed by atoms with Gasteiger partial charge in [-0.2, -0.15) is 0 Å². The minimum absolute atomic E-state index is 0.0215. The van der Waals surface area contributed by atoms with Gasteiger partial charge in [0.05, 0.1) is 19.0 Å². The second-order valence-electron chi connectivity index (χ2n) is 7.53. The Labute approximate surface area is 150 Å². The average molecular weight is 350 g/mol. The van der Waals surface area contributed by atoms with Gasteiger partial charge in [-0.25, -0.2) is 0 Å². The molecule has 6 nitrogen and oxygen atoms in total. The highest BCUT2D eigenvalue weighted by molar-refractivity contribution is 5.93. The lowest BCUT2D eigenvalue weighted by molar-refractivity contribution is -0.137. The number of carbonyl (C=O) groups excluding carboxylic acids is 3. The molecule has 0 unspecified atom stereocenters. The van der Waals surface area contributed by atoms with Gasteiger partial charge in [0.25, 0.3) is 0 Å². The lowest BCUT2D eigenvalue weighted by Crippen LogP contribution is -2.47. The summed E-state index contributed by atoms with van der Waals surface area (Å²) in [7, 11) is 0. The number of nitrogens with one attached hydrogen (secondary N) is 1. The van der Waals surface area contributed by atoms with E-state index in [4.69, 9.17) is 5.73 Å². The van der Waals surface area contributed by atoms with Crippen molar-refractivity contribution in [3.05, 3.63) is 6.42 Å². The minimum Gasteiger partial charge on any atom is -0.370 e. The third-order valence-electron chi connectivity index (χ3n) is 5.48. The molecule has 6 heteroatoms. The van der Waals surface area contributed by atoms with Crippen LogP contribution in [-0.2, 0) is 14.4 Å². The first-order valence-corrected chi connectivity index (χ1v) is 9.65. The third kappa shape index (κ3) is 6.42. The summed E-state index contributed by atoms with van der Waals surface area (Å²) in [6.45, 7) is 2.54. The van der Waals surface area contributed by atoms with Crippen LogP contribution in [0.3, 0.4) is 0 Å². The van der Waals surface area contributed by atoms with E-state index in [1.165, 1.54) is 32.1 Å². The Morgan fingerprint density at radius 1 is 1.20 bits per heavy atom. The van der Waals surface area contributed by atoms with Gasteiger partial charge in [0, 0.05) is 19.0 Å².